The van der Waals surface area contributed by atoms with Gasteiger partial charge in [-0.15, -0.1) is 0 Å². The lowest BCUT2D eigenvalue weighted by Crippen LogP contribution is -2.42. The maximum atomic E-state index is 12.9. The summed E-state index contributed by atoms with van der Waals surface area (Å²) in [4.78, 5) is 48.1. The Morgan fingerprint density at radius 1 is 0.759 bits per heavy atom. The van der Waals surface area contributed by atoms with Gasteiger partial charge in [-0.1, -0.05) is 52.0 Å². The zero-order valence-electron chi connectivity index (χ0n) is 34.4. The van der Waals surface area contributed by atoms with Gasteiger partial charge in [-0.05, 0) is 111 Å². The van der Waals surface area contributed by atoms with Crippen LogP contribution in [0.4, 0.5) is 4.79 Å². The van der Waals surface area contributed by atoms with Crippen molar-refractivity contribution in [3.05, 3.63) is 66.6 Å². The summed E-state index contributed by atoms with van der Waals surface area (Å²) in [5.41, 5.74) is 5.14. The lowest BCUT2D eigenvalue weighted by atomic mass is 9.98. The van der Waals surface area contributed by atoms with Gasteiger partial charge in [0, 0.05) is 29.9 Å². The molecule has 2 N–H and O–H groups in total. The molecule has 0 radical (unpaired) electrons. The van der Waals surface area contributed by atoms with Gasteiger partial charge in [0.05, 0.1) is 41.6 Å². The normalized spacial score (nSPS) is 20.8. The van der Waals surface area contributed by atoms with Gasteiger partial charge in [-0.25, -0.2) is 14.8 Å². The largest absolute Gasteiger partial charge is 0.462 e. The van der Waals surface area contributed by atoms with Gasteiger partial charge in [0.2, 0.25) is 0 Å². The molecule has 2 bridgehead atoms. The molecule has 0 spiro atoms. The van der Waals surface area contributed by atoms with Crippen LogP contribution in [0.1, 0.15) is 131 Å². The van der Waals surface area contributed by atoms with Crippen LogP contribution >= 0.6 is 0 Å². The number of imidazole rings is 2. The fourth-order valence-electron chi connectivity index (χ4n) is 7.35. The van der Waals surface area contributed by atoms with Gasteiger partial charge >= 0.3 is 6.09 Å². The molecule has 5 heterocycles. The first-order valence-electron chi connectivity index (χ1n) is 19.8. The van der Waals surface area contributed by atoms with E-state index in [2.05, 4.69) is 68.0 Å². The molecule has 1 aliphatic carbocycles. The van der Waals surface area contributed by atoms with Gasteiger partial charge in [0.25, 0.3) is 6.47 Å². The molecule has 2 saturated heterocycles. The number of H-pyrrole nitrogens is 2. The summed E-state index contributed by atoms with van der Waals surface area (Å²) in [7, 11) is 2.24. The second kappa shape index (κ2) is 18.7. The van der Waals surface area contributed by atoms with Gasteiger partial charge in [0.15, 0.2) is 0 Å². The smallest absolute Gasteiger partial charge is 0.410 e. The fraction of sp³-hybridized carbons (Fsp3) is 0.558. The van der Waals surface area contributed by atoms with Crippen LogP contribution in [-0.4, -0.2) is 78.1 Å². The predicted molar refractivity (Wildman–Crippen MR) is 216 cm³/mol. The molecule has 3 unspecified atom stereocenters. The monoisotopic (exact) mass is 741 g/mol. The van der Waals surface area contributed by atoms with E-state index in [9.17, 15) is 9.59 Å². The van der Waals surface area contributed by atoms with Crippen molar-refractivity contribution < 1.29 is 19.1 Å². The molecule has 1 aromatic carbocycles. The minimum atomic E-state index is -0.529. The van der Waals surface area contributed by atoms with Crippen molar-refractivity contribution in [2.75, 3.05) is 13.6 Å². The number of nitrogens with zero attached hydrogens (tertiary/aromatic N) is 5. The van der Waals surface area contributed by atoms with Crippen LogP contribution in [0, 0.1) is 5.92 Å². The first-order valence-corrected chi connectivity index (χ1v) is 19.8. The van der Waals surface area contributed by atoms with E-state index >= 15 is 0 Å². The number of carbonyl (C=O) groups excluding carboxylic acids is 2. The highest BCUT2D eigenvalue weighted by Crippen LogP contribution is 2.48. The molecular weight excluding hydrogens is 679 g/mol. The van der Waals surface area contributed by atoms with Gasteiger partial charge < -0.3 is 19.4 Å². The van der Waals surface area contributed by atoms with Gasteiger partial charge in [-0.3, -0.25) is 19.6 Å². The second-order valence-corrected chi connectivity index (χ2v) is 15.7. The number of amides is 1. The molecule has 2 aliphatic heterocycles. The Hall–Kier alpha value is -4.51. The lowest BCUT2D eigenvalue weighted by Gasteiger charge is -2.35. The number of likely N-dealkylation sites (tertiary alicyclic amines) is 2. The third-order valence-corrected chi connectivity index (χ3v) is 9.79. The van der Waals surface area contributed by atoms with E-state index < -0.39 is 5.60 Å². The number of benzene rings is 1. The Morgan fingerprint density at radius 3 is 1.93 bits per heavy atom. The summed E-state index contributed by atoms with van der Waals surface area (Å²) in [5.74, 6) is 2.59. The molecule has 294 valence electrons. The number of fused-ring (bicyclic) bond motifs is 2. The van der Waals surface area contributed by atoms with E-state index in [0.717, 1.165) is 64.7 Å². The van der Waals surface area contributed by atoms with Crippen molar-refractivity contribution in [3.8, 4) is 33.8 Å². The SMILES string of the molecule is CC.CC.CC(C)(C)OC=O.CN1C2CCC(C2)C1c1ncc(-c2ccc(-c3ccc(-c4cnc([C@@H]5CCCCN5C(=O)OC(C)(C)C)[nH]4)cc3)nc2)[nH]1. The number of carbonyl (C=O) groups is 2. The maximum absolute atomic E-state index is 12.9. The molecule has 3 fully saturated rings. The van der Waals surface area contributed by atoms with Crippen LogP contribution in [0.3, 0.4) is 0 Å². The number of nitrogens with one attached hydrogen (secondary N) is 2. The lowest BCUT2D eigenvalue weighted by molar-refractivity contribution is -0.138. The molecule has 11 heteroatoms. The summed E-state index contributed by atoms with van der Waals surface area (Å²) in [6.07, 6.45) is 12.3. The van der Waals surface area contributed by atoms with Crippen LogP contribution in [-0.2, 0) is 14.3 Å². The van der Waals surface area contributed by atoms with E-state index in [1.807, 2.05) is 92.7 Å². The van der Waals surface area contributed by atoms with Crippen LogP contribution in [0.15, 0.2) is 55.0 Å². The third kappa shape index (κ3) is 10.6. The van der Waals surface area contributed by atoms with Crippen molar-refractivity contribution in [1.82, 2.24) is 34.7 Å². The molecular formula is C43H63N7O4. The number of ether oxygens (including phenoxy) is 2. The van der Waals surface area contributed by atoms with E-state index in [4.69, 9.17) is 14.7 Å². The molecule has 54 heavy (non-hydrogen) atoms. The van der Waals surface area contributed by atoms with Crippen LogP contribution < -0.4 is 0 Å². The molecule has 7 rings (SSSR count). The van der Waals surface area contributed by atoms with E-state index in [1.54, 1.807) is 0 Å². The maximum Gasteiger partial charge on any atom is 0.410 e. The van der Waals surface area contributed by atoms with Crippen molar-refractivity contribution in [1.29, 1.82) is 0 Å². The quantitative estimate of drug-likeness (QED) is 0.187. The van der Waals surface area contributed by atoms with Crippen LogP contribution in [0.5, 0.6) is 0 Å². The summed E-state index contributed by atoms with van der Waals surface area (Å²) in [6, 6.07) is 13.5. The predicted octanol–water partition coefficient (Wildman–Crippen LogP) is 10.2. The van der Waals surface area contributed by atoms with E-state index in [1.165, 1.54) is 19.3 Å². The molecule has 3 aliphatic rings. The molecule has 1 amide bonds. The number of hydrogen-bond acceptors (Lipinski definition) is 8. The van der Waals surface area contributed by atoms with E-state index in [-0.39, 0.29) is 17.7 Å². The number of hydrogen-bond donors (Lipinski definition) is 2. The minimum Gasteiger partial charge on any atom is -0.462 e. The summed E-state index contributed by atoms with van der Waals surface area (Å²) in [5, 5.41) is 0. The Balaban J connectivity index is 0.000000527. The summed E-state index contributed by atoms with van der Waals surface area (Å²) in [6.45, 7) is 20.3. The number of aromatic nitrogens is 5. The Kier molecular flexibility index (Phi) is 14.6. The summed E-state index contributed by atoms with van der Waals surface area (Å²) < 4.78 is 10.2. The van der Waals surface area contributed by atoms with E-state index in [0.29, 0.717) is 31.0 Å². The van der Waals surface area contributed by atoms with Crippen molar-refractivity contribution in [2.24, 2.45) is 5.92 Å². The van der Waals surface area contributed by atoms with Gasteiger partial charge in [-0.2, -0.15) is 0 Å². The highest BCUT2D eigenvalue weighted by molar-refractivity contribution is 5.70. The van der Waals surface area contributed by atoms with Crippen molar-refractivity contribution in [2.45, 2.75) is 137 Å². The average molecular weight is 742 g/mol. The minimum absolute atomic E-state index is 0.112. The number of aromatic amines is 2. The average Bonchev–Trinajstić information content (AvgIpc) is 3.99. The Morgan fingerprint density at radius 2 is 1.37 bits per heavy atom. The number of piperidine rings is 2. The molecule has 3 aromatic heterocycles. The second-order valence-electron chi connectivity index (χ2n) is 15.7. The first-order chi connectivity index (χ1) is 25.8. The fourth-order valence-corrected chi connectivity index (χ4v) is 7.35. The first kappa shape index (κ1) is 42.2. The summed E-state index contributed by atoms with van der Waals surface area (Å²) >= 11 is 0. The third-order valence-electron chi connectivity index (χ3n) is 9.79. The Labute approximate surface area is 322 Å². The number of rotatable bonds is 6. The zero-order chi connectivity index (χ0) is 39.6. The van der Waals surface area contributed by atoms with Crippen LogP contribution in [0.25, 0.3) is 33.8 Å². The van der Waals surface area contributed by atoms with Crippen molar-refractivity contribution >= 4 is 12.6 Å². The molecule has 4 aromatic rings. The Bertz CT molecular complexity index is 1750. The number of pyridine rings is 1. The standard InChI is InChI=1S/C34H41N7O2.C5H10O2.2C2H6/c1-34(2,3)43-33(42)41-16-6-5-7-29(41)31-36-19-27(38-31)22-10-8-21(9-11-22)26-15-13-24(18-35-26)28-20-37-32(39-28)30-23-12-14-25(17-23)40(30)4;1-5(2,3)7-4-6;2*1-2/h8-11,13,15,18-20,23,25,29-30H,5-7,12,14,16-17H2,1-4H3,(H,36,38)(H,37,39);4H,1-3H3;2*1-2H3/t23?,25?,29-,30?;;;/m0.../s1. The highest BCUT2D eigenvalue weighted by atomic mass is 16.6. The molecule has 4 atom stereocenters. The zero-order valence-corrected chi connectivity index (χ0v) is 34.4. The highest BCUT2D eigenvalue weighted by Gasteiger charge is 2.45. The molecule has 11 nitrogen and oxygen atoms in total. The van der Waals surface area contributed by atoms with Gasteiger partial charge in [0.1, 0.15) is 22.9 Å². The van der Waals surface area contributed by atoms with Crippen LogP contribution in [0.2, 0.25) is 0 Å². The molecule has 1 saturated carbocycles. The van der Waals surface area contributed by atoms with Crippen molar-refractivity contribution in [3.63, 3.8) is 0 Å². The topological polar surface area (TPSA) is 129 Å².